The van der Waals surface area contributed by atoms with E-state index in [2.05, 4.69) is 0 Å². The van der Waals surface area contributed by atoms with Crippen LogP contribution in [0.25, 0.3) is 0 Å². The zero-order valence-corrected chi connectivity index (χ0v) is 7.73. The number of methoxy groups -OCH3 is 1. The summed E-state index contributed by atoms with van der Waals surface area (Å²) in [4.78, 5) is 0. The molecule has 0 aliphatic rings. The van der Waals surface area contributed by atoms with Gasteiger partial charge in [-0.1, -0.05) is 12.1 Å². The van der Waals surface area contributed by atoms with E-state index in [4.69, 9.17) is 10.5 Å². The van der Waals surface area contributed by atoms with Crippen LogP contribution in [0.5, 0.6) is 5.75 Å². The van der Waals surface area contributed by atoms with Gasteiger partial charge in [0, 0.05) is 13.7 Å². The minimum Gasteiger partial charge on any atom is -0.508 e. The first-order valence-electron chi connectivity index (χ1n) is 4.27. The van der Waals surface area contributed by atoms with Gasteiger partial charge in [0.15, 0.2) is 0 Å². The Morgan fingerprint density at radius 1 is 1.54 bits per heavy atom. The van der Waals surface area contributed by atoms with Crippen molar-refractivity contribution in [3.05, 3.63) is 29.8 Å². The maximum atomic E-state index is 9.20. The highest BCUT2D eigenvalue weighted by Crippen LogP contribution is 2.12. The average Bonchev–Trinajstić information content (AvgIpc) is 2.14. The highest BCUT2D eigenvalue weighted by atomic mass is 16.5. The van der Waals surface area contributed by atoms with Gasteiger partial charge in [0.1, 0.15) is 5.75 Å². The van der Waals surface area contributed by atoms with E-state index in [1.54, 1.807) is 19.2 Å². The Kier molecular flexibility index (Phi) is 3.73. The van der Waals surface area contributed by atoms with Crippen LogP contribution in [0.2, 0.25) is 0 Å². The van der Waals surface area contributed by atoms with Crippen LogP contribution in [0.4, 0.5) is 0 Å². The number of nitrogens with two attached hydrogens (primary N) is 1. The van der Waals surface area contributed by atoms with Crippen molar-refractivity contribution >= 4 is 0 Å². The molecule has 1 unspecified atom stereocenters. The molecule has 3 N–H and O–H groups in total. The van der Waals surface area contributed by atoms with Crippen LogP contribution in [0.1, 0.15) is 5.56 Å². The van der Waals surface area contributed by atoms with E-state index in [-0.39, 0.29) is 11.9 Å². The lowest BCUT2D eigenvalue weighted by atomic mass is 10.1. The molecule has 1 atom stereocenters. The summed E-state index contributed by atoms with van der Waals surface area (Å²) in [5.41, 5.74) is 6.52. The molecule has 13 heavy (non-hydrogen) atoms. The molecular formula is C10H15NO2. The van der Waals surface area contributed by atoms with Crippen LogP contribution in [0.3, 0.4) is 0 Å². The molecule has 0 bridgehead atoms. The Hall–Kier alpha value is -1.06. The summed E-state index contributed by atoms with van der Waals surface area (Å²) < 4.78 is 5.14. The van der Waals surface area contributed by atoms with E-state index in [9.17, 15) is 5.11 Å². The SMILES string of the molecule is COC(CN)Cc1cccc(O)c1. The largest absolute Gasteiger partial charge is 0.508 e. The number of phenolic OH excluding ortho intramolecular Hbond substituents is 1. The van der Waals surface area contributed by atoms with Gasteiger partial charge in [-0.2, -0.15) is 0 Å². The first-order valence-corrected chi connectivity index (χ1v) is 4.27. The van der Waals surface area contributed by atoms with Crippen molar-refractivity contribution in [2.24, 2.45) is 5.73 Å². The first-order chi connectivity index (χ1) is 6.26. The summed E-state index contributed by atoms with van der Waals surface area (Å²) in [6, 6.07) is 7.13. The van der Waals surface area contributed by atoms with Crippen molar-refractivity contribution < 1.29 is 9.84 Å². The maximum Gasteiger partial charge on any atom is 0.115 e. The predicted octanol–water partition coefficient (Wildman–Crippen LogP) is 0.908. The molecule has 3 heteroatoms. The molecule has 3 nitrogen and oxygen atoms in total. The van der Waals surface area contributed by atoms with Crippen LogP contribution in [-0.4, -0.2) is 24.9 Å². The molecule has 0 fully saturated rings. The first kappa shape index (κ1) is 10.0. The van der Waals surface area contributed by atoms with Crippen molar-refractivity contribution in [3.63, 3.8) is 0 Å². The van der Waals surface area contributed by atoms with Gasteiger partial charge < -0.3 is 15.6 Å². The van der Waals surface area contributed by atoms with Gasteiger partial charge in [-0.25, -0.2) is 0 Å². The number of rotatable bonds is 4. The third kappa shape index (κ3) is 3.05. The minimum absolute atomic E-state index is 0.0294. The van der Waals surface area contributed by atoms with Crippen molar-refractivity contribution in [2.45, 2.75) is 12.5 Å². The molecule has 1 aromatic carbocycles. The van der Waals surface area contributed by atoms with Crippen molar-refractivity contribution in [1.82, 2.24) is 0 Å². The second-order valence-corrected chi connectivity index (χ2v) is 2.97. The zero-order valence-electron chi connectivity index (χ0n) is 7.73. The smallest absolute Gasteiger partial charge is 0.115 e. The molecule has 0 amide bonds. The summed E-state index contributed by atoms with van der Waals surface area (Å²) in [5.74, 6) is 0.282. The molecule has 0 heterocycles. The quantitative estimate of drug-likeness (QED) is 0.725. The fraction of sp³-hybridized carbons (Fsp3) is 0.400. The fourth-order valence-electron chi connectivity index (χ4n) is 1.21. The van der Waals surface area contributed by atoms with Gasteiger partial charge in [0.25, 0.3) is 0 Å². The number of ether oxygens (including phenoxy) is 1. The molecule has 0 aliphatic heterocycles. The number of phenols is 1. The van der Waals surface area contributed by atoms with E-state index in [0.717, 1.165) is 12.0 Å². The molecule has 0 spiro atoms. The minimum atomic E-state index is 0.0294. The molecule has 0 saturated heterocycles. The van der Waals surface area contributed by atoms with Gasteiger partial charge in [0.05, 0.1) is 6.10 Å². The average molecular weight is 181 g/mol. The summed E-state index contributed by atoms with van der Waals surface area (Å²) in [6.45, 7) is 0.492. The van der Waals surface area contributed by atoms with E-state index < -0.39 is 0 Å². The van der Waals surface area contributed by atoms with E-state index in [0.29, 0.717) is 6.54 Å². The Morgan fingerprint density at radius 3 is 2.85 bits per heavy atom. The van der Waals surface area contributed by atoms with E-state index in [1.165, 1.54) is 0 Å². The Bertz CT molecular complexity index is 259. The van der Waals surface area contributed by atoms with Crippen LogP contribution in [0, 0.1) is 0 Å². The molecule has 72 valence electrons. The van der Waals surface area contributed by atoms with Crippen LogP contribution < -0.4 is 5.73 Å². The molecule has 0 saturated carbocycles. The van der Waals surface area contributed by atoms with Crippen LogP contribution in [-0.2, 0) is 11.2 Å². The highest BCUT2D eigenvalue weighted by molar-refractivity contribution is 5.27. The van der Waals surface area contributed by atoms with Gasteiger partial charge in [0.2, 0.25) is 0 Å². The molecule has 0 aliphatic carbocycles. The van der Waals surface area contributed by atoms with Gasteiger partial charge in [-0.05, 0) is 24.1 Å². The third-order valence-electron chi connectivity index (χ3n) is 1.97. The van der Waals surface area contributed by atoms with Gasteiger partial charge >= 0.3 is 0 Å². The number of benzene rings is 1. The number of hydrogen-bond acceptors (Lipinski definition) is 3. The Labute approximate surface area is 78.1 Å². The van der Waals surface area contributed by atoms with Crippen molar-refractivity contribution in [1.29, 1.82) is 0 Å². The van der Waals surface area contributed by atoms with E-state index in [1.807, 2.05) is 12.1 Å². The Morgan fingerprint density at radius 2 is 2.31 bits per heavy atom. The number of hydrogen-bond donors (Lipinski definition) is 2. The molecule has 0 aromatic heterocycles. The Balaban J connectivity index is 2.62. The topological polar surface area (TPSA) is 55.5 Å². The fourth-order valence-corrected chi connectivity index (χ4v) is 1.21. The second kappa shape index (κ2) is 4.84. The normalized spacial score (nSPS) is 12.8. The summed E-state index contributed by atoms with van der Waals surface area (Å²) in [5, 5.41) is 9.20. The molecule has 0 radical (unpaired) electrons. The molecular weight excluding hydrogens is 166 g/mol. The lowest BCUT2D eigenvalue weighted by molar-refractivity contribution is 0.110. The lowest BCUT2D eigenvalue weighted by Crippen LogP contribution is -2.24. The monoisotopic (exact) mass is 181 g/mol. The predicted molar refractivity (Wildman–Crippen MR) is 51.7 cm³/mol. The van der Waals surface area contributed by atoms with Crippen LogP contribution in [0.15, 0.2) is 24.3 Å². The molecule has 1 aromatic rings. The summed E-state index contributed by atoms with van der Waals surface area (Å²) in [6.07, 6.45) is 0.767. The third-order valence-corrected chi connectivity index (χ3v) is 1.97. The molecule has 1 rings (SSSR count). The van der Waals surface area contributed by atoms with Crippen molar-refractivity contribution in [2.75, 3.05) is 13.7 Å². The van der Waals surface area contributed by atoms with E-state index >= 15 is 0 Å². The summed E-state index contributed by atoms with van der Waals surface area (Å²) in [7, 11) is 1.64. The van der Waals surface area contributed by atoms with Gasteiger partial charge in [-0.15, -0.1) is 0 Å². The standard InChI is InChI=1S/C10H15NO2/c1-13-10(7-11)6-8-3-2-4-9(12)5-8/h2-5,10,12H,6-7,11H2,1H3. The zero-order chi connectivity index (χ0) is 9.68. The maximum absolute atomic E-state index is 9.20. The van der Waals surface area contributed by atoms with Crippen molar-refractivity contribution in [3.8, 4) is 5.75 Å². The second-order valence-electron chi connectivity index (χ2n) is 2.97. The summed E-state index contributed by atoms with van der Waals surface area (Å²) >= 11 is 0. The highest BCUT2D eigenvalue weighted by Gasteiger charge is 2.05. The lowest BCUT2D eigenvalue weighted by Gasteiger charge is -2.12. The van der Waals surface area contributed by atoms with Gasteiger partial charge in [-0.3, -0.25) is 0 Å². The number of aromatic hydroxyl groups is 1. The van der Waals surface area contributed by atoms with Crippen LogP contribution >= 0.6 is 0 Å².